The van der Waals surface area contributed by atoms with Crippen LogP contribution in [-0.4, -0.2) is 20.5 Å². The summed E-state index contributed by atoms with van der Waals surface area (Å²) in [6, 6.07) is 10.3. The van der Waals surface area contributed by atoms with Crippen molar-refractivity contribution in [2.24, 2.45) is 0 Å². The number of benzene rings is 2. The van der Waals surface area contributed by atoms with Crippen LogP contribution in [0.4, 0.5) is 11.4 Å². The highest BCUT2D eigenvalue weighted by Gasteiger charge is 2.06. The fourth-order valence-electron chi connectivity index (χ4n) is 1.91. The molecule has 0 bridgehead atoms. The number of rotatable bonds is 5. The maximum atomic E-state index is 11.5. The van der Waals surface area contributed by atoms with Crippen molar-refractivity contribution in [1.82, 2.24) is 0 Å². The van der Waals surface area contributed by atoms with E-state index < -0.39 is 11.3 Å². The highest BCUT2D eigenvalue weighted by Crippen LogP contribution is 2.23. The largest absolute Gasteiger partial charge is 0.755 e. The van der Waals surface area contributed by atoms with Crippen LogP contribution in [-0.2, 0) is 20.9 Å². The Hall–Kier alpha value is -2.25. The van der Waals surface area contributed by atoms with Crippen molar-refractivity contribution in [3.8, 4) is 0 Å². The van der Waals surface area contributed by atoms with Crippen molar-refractivity contribution in [3.05, 3.63) is 36.4 Å². The number of amides is 1. The number of carbonyl (C=O) groups excluding carboxylic acids is 2. The molecule has 7 heteroatoms. The summed E-state index contributed by atoms with van der Waals surface area (Å²) in [5.74, 6) is -0.559. The number of fused-ring (bicyclic) bond motifs is 1. The van der Waals surface area contributed by atoms with Crippen LogP contribution in [0.5, 0.6) is 0 Å². The topological polar surface area (TPSA) is 98.3 Å². The van der Waals surface area contributed by atoms with Gasteiger partial charge in [0.25, 0.3) is 0 Å². The minimum absolute atomic E-state index is 0.157. The van der Waals surface area contributed by atoms with Crippen LogP contribution in [0.25, 0.3) is 10.8 Å². The van der Waals surface area contributed by atoms with E-state index in [0.717, 1.165) is 10.8 Å². The highest BCUT2D eigenvalue weighted by atomic mass is 32.2. The highest BCUT2D eigenvalue weighted by molar-refractivity contribution is 7.80. The van der Waals surface area contributed by atoms with Gasteiger partial charge in [0.05, 0.1) is 6.42 Å². The van der Waals surface area contributed by atoms with Gasteiger partial charge in [-0.05, 0) is 42.0 Å². The summed E-state index contributed by atoms with van der Waals surface area (Å²) in [6.45, 7) is 1.36. The van der Waals surface area contributed by atoms with Crippen LogP contribution in [0, 0.1) is 0 Å². The number of carbonyl (C=O) groups is 2. The quantitative estimate of drug-likeness (QED) is 0.651. The van der Waals surface area contributed by atoms with Crippen LogP contribution in [0.2, 0.25) is 0 Å². The average molecular weight is 305 g/mol. The number of ketones is 1. The predicted molar refractivity (Wildman–Crippen MR) is 80.4 cm³/mol. The first kappa shape index (κ1) is 15.1. The molecule has 1 unspecified atom stereocenters. The molecule has 0 saturated heterocycles. The maximum absolute atomic E-state index is 11.5. The molecule has 2 N–H and O–H groups in total. The van der Waals surface area contributed by atoms with Crippen molar-refractivity contribution in [2.45, 2.75) is 13.3 Å². The zero-order valence-electron chi connectivity index (χ0n) is 11.2. The van der Waals surface area contributed by atoms with Gasteiger partial charge in [-0.25, -0.2) is 0 Å². The van der Waals surface area contributed by atoms with E-state index in [1.165, 1.54) is 6.92 Å². The summed E-state index contributed by atoms with van der Waals surface area (Å²) >= 11 is -2.37. The van der Waals surface area contributed by atoms with E-state index >= 15 is 0 Å². The van der Waals surface area contributed by atoms with Crippen LogP contribution in [0.3, 0.4) is 0 Å². The summed E-state index contributed by atoms with van der Waals surface area (Å²) in [5, 5.41) is 4.31. The van der Waals surface area contributed by atoms with Gasteiger partial charge in [0.15, 0.2) is 0 Å². The average Bonchev–Trinajstić information content (AvgIpc) is 2.37. The smallest absolute Gasteiger partial charge is 0.231 e. The molecule has 1 amide bonds. The van der Waals surface area contributed by atoms with E-state index in [9.17, 15) is 18.4 Å². The third-order valence-corrected chi connectivity index (χ3v) is 3.14. The van der Waals surface area contributed by atoms with E-state index in [1.807, 2.05) is 0 Å². The zero-order valence-corrected chi connectivity index (χ0v) is 12.0. The molecule has 0 aliphatic heterocycles. The van der Waals surface area contributed by atoms with E-state index in [2.05, 4.69) is 10.0 Å². The molecule has 110 valence electrons. The lowest BCUT2D eigenvalue weighted by Gasteiger charge is -2.10. The Bertz CT molecular complexity index is 730. The van der Waals surface area contributed by atoms with E-state index in [1.54, 1.807) is 36.4 Å². The first-order chi connectivity index (χ1) is 9.94. The number of Topliss-reactive ketones (excluding diaryl/α,β-unsaturated/α-hetero) is 1. The number of hydrogen-bond donors (Lipinski definition) is 2. The fourth-order valence-corrected chi connectivity index (χ4v) is 2.23. The van der Waals surface area contributed by atoms with Crippen LogP contribution in [0.1, 0.15) is 13.3 Å². The summed E-state index contributed by atoms with van der Waals surface area (Å²) in [4.78, 5) is 22.4. The Balaban J connectivity index is 2.20. The molecular weight excluding hydrogens is 292 g/mol. The molecule has 0 heterocycles. The molecule has 0 saturated carbocycles. The second-order valence-electron chi connectivity index (χ2n) is 4.54. The summed E-state index contributed by atoms with van der Waals surface area (Å²) in [6.07, 6.45) is -0.157. The van der Waals surface area contributed by atoms with Crippen LogP contribution in [0.15, 0.2) is 36.4 Å². The first-order valence-corrected chi connectivity index (χ1v) is 7.20. The van der Waals surface area contributed by atoms with Gasteiger partial charge in [-0.3, -0.25) is 13.8 Å². The van der Waals surface area contributed by atoms with Gasteiger partial charge in [0.2, 0.25) is 5.91 Å². The molecule has 2 aromatic carbocycles. The van der Waals surface area contributed by atoms with E-state index in [0.29, 0.717) is 11.4 Å². The van der Waals surface area contributed by atoms with Gasteiger partial charge in [-0.1, -0.05) is 12.1 Å². The minimum atomic E-state index is -2.37. The monoisotopic (exact) mass is 305 g/mol. The number of nitrogens with one attached hydrogen (secondary N) is 2. The lowest BCUT2D eigenvalue weighted by molar-refractivity contribution is -0.124. The summed E-state index contributed by atoms with van der Waals surface area (Å²) in [7, 11) is 0. The van der Waals surface area contributed by atoms with E-state index in [4.69, 9.17) is 0 Å². The number of anilines is 2. The Morgan fingerprint density at radius 2 is 1.67 bits per heavy atom. The molecule has 0 aliphatic rings. The molecule has 0 aromatic heterocycles. The first-order valence-electron chi connectivity index (χ1n) is 6.13. The lowest BCUT2D eigenvalue weighted by Crippen LogP contribution is -2.14. The maximum Gasteiger partial charge on any atom is 0.231 e. The Morgan fingerprint density at radius 1 is 1.10 bits per heavy atom. The number of hydrogen-bond acceptors (Lipinski definition) is 4. The van der Waals surface area contributed by atoms with Gasteiger partial charge < -0.3 is 14.6 Å². The molecule has 21 heavy (non-hydrogen) atoms. The van der Waals surface area contributed by atoms with Gasteiger partial charge in [-0.15, -0.1) is 0 Å². The standard InChI is InChI=1S/C14H14N2O4S/c1-9(17)6-14(18)15-12-4-2-11-8-13(16-21(19)20)5-3-10(11)7-12/h2-5,7-8,16H,6H2,1H3,(H,15,18)(H,19,20)/p-1. The van der Waals surface area contributed by atoms with E-state index in [-0.39, 0.29) is 18.1 Å². The molecule has 0 aliphatic carbocycles. The minimum Gasteiger partial charge on any atom is -0.755 e. The Morgan fingerprint density at radius 3 is 2.24 bits per heavy atom. The zero-order chi connectivity index (χ0) is 15.4. The van der Waals surface area contributed by atoms with Gasteiger partial charge in [0.1, 0.15) is 5.78 Å². The molecule has 0 fully saturated rings. The van der Waals surface area contributed by atoms with Gasteiger partial charge >= 0.3 is 0 Å². The van der Waals surface area contributed by atoms with Crippen molar-refractivity contribution in [2.75, 3.05) is 10.0 Å². The second kappa shape index (κ2) is 6.47. The summed E-state index contributed by atoms with van der Waals surface area (Å²) < 4.78 is 23.4. The van der Waals surface area contributed by atoms with Crippen molar-refractivity contribution in [3.63, 3.8) is 0 Å². The lowest BCUT2D eigenvalue weighted by atomic mass is 10.1. The van der Waals surface area contributed by atoms with Gasteiger partial charge in [0, 0.05) is 22.6 Å². The molecule has 1 atom stereocenters. The molecule has 0 radical (unpaired) electrons. The molecule has 0 spiro atoms. The molecule has 6 nitrogen and oxygen atoms in total. The summed E-state index contributed by atoms with van der Waals surface area (Å²) in [5.41, 5.74) is 1.05. The van der Waals surface area contributed by atoms with Crippen molar-refractivity contribution >= 4 is 45.1 Å². The normalized spacial score (nSPS) is 11.9. The third-order valence-electron chi connectivity index (χ3n) is 2.73. The van der Waals surface area contributed by atoms with Crippen LogP contribution < -0.4 is 10.0 Å². The SMILES string of the molecule is CC(=O)CC(=O)Nc1ccc2cc(NS(=O)[O-])ccc2c1. The molecule has 2 rings (SSSR count). The Labute approximate surface area is 124 Å². The predicted octanol–water partition coefficient (Wildman–Crippen LogP) is 1.96. The van der Waals surface area contributed by atoms with Crippen molar-refractivity contribution in [1.29, 1.82) is 0 Å². The molecule has 2 aromatic rings. The van der Waals surface area contributed by atoms with Gasteiger partial charge in [-0.2, -0.15) is 0 Å². The molecular formula is C14H13N2O4S-. The second-order valence-corrected chi connectivity index (χ2v) is 5.21. The fraction of sp³-hybridized carbons (Fsp3) is 0.143. The van der Waals surface area contributed by atoms with Crippen LogP contribution >= 0.6 is 0 Å². The van der Waals surface area contributed by atoms with Crippen molar-refractivity contribution < 1.29 is 18.4 Å². The third kappa shape index (κ3) is 4.37. The Kier molecular flexibility index (Phi) is 4.66.